The van der Waals surface area contributed by atoms with Crippen molar-refractivity contribution in [1.82, 2.24) is 0 Å². The van der Waals surface area contributed by atoms with Crippen LogP contribution < -0.4 is 15.9 Å². The first-order chi connectivity index (χ1) is 15.7. The lowest BCUT2D eigenvalue weighted by molar-refractivity contribution is 0.894. The van der Waals surface area contributed by atoms with Crippen LogP contribution in [0.3, 0.4) is 0 Å². The lowest BCUT2D eigenvalue weighted by Crippen LogP contribution is -2.24. The molecule has 4 bridgehead atoms. The van der Waals surface area contributed by atoms with E-state index in [0.29, 0.717) is 0 Å². The van der Waals surface area contributed by atoms with E-state index in [0.717, 1.165) is 32.1 Å². The van der Waals surface area contributed by atoms with Crippen molar-refractivity contribution in [2.24, 2.45) is 0 Å². The fourth-order valence-electron chi connectivity index (χ4n) is 5.01. The summed E-state index contributed by atoms with van der Waals surface area (Å²) in [7, 11) is -0.573. The smallest absolute Gasteiger partial charge is 0.0116 e. The van der Waals surface area contributed by atoms with E-state index in [-0.39, 0.29) is 0 Å². The highest BCUT2D eigenvalue weighted by Gasteiger charge is 2.21. The number of hydrogen-bond acceptors (Lipinski definition) is 0. The first-order valence-corrected chi connectivity index (χ1v) is 13.2. The first-order valence-electron chi connectivity index (χ1n) is 11.9. The Morgan fingerprint density at radius 3 is 1.91 bits per heavy atom. The molecule has 0 aromatic heterocycles. The minimum Gasteiger partial charge on any atom is -0.0622 e. The summed E-state index contributed by atoms with van der Waals surface area (Å²) in [5.41, 5.74) is 9.03. The molecule has 0 aliphatic heterocycles. The molecule has 4 aromatic carbocycles. The first kappa shape index (κ1) is 21.2. The van der Waals surface area contributed by atoms with Crippen LogP contribution in [-0.2, 0) is 32.1 Å². The Morgan fingerprint density at radius 1 is 0.625 bits per heavy atom. The van der Waals surface area contributed by atoms with E-state index >= 15 is 0 Å². The molecule has 0 saturated carbocycles. The third-order valence-corrected chi connectivity index (χ3v) is 9.33. The van der Waals surface area contributed by atoms with Gasteiger partial charge in [0.05, 0.1) is 0 Å². The number of aryl methyl sites for hydroxylation is 6. The Balaban J connectivity index is 1.64. The quantitative estimate of drug-likeness (QED) is 0.336. The Bertz CT molecular complexity index is 1170. The number of benzene rings is 4. The molecule has 0 spiro atoms. The van der Waals surface area contributed by atoms with E-state index in [9.17, 15) is 0 Å². The Hall–Kier alpha value is -2.69. The van der Waals surface area contributed by atoms with Crippen molar-refractivity contribution >= 4 is 23.8 Å². The van der Waals surface area contributed by atoms with Crippen molar-refractivity contribution in [3.05, 3.63) is 124 Å². The normalized spacial score (nSPS) is 13.2. The molecule has 0 unspecified atom stereocenters. The summed E-state index contributed by atoms with van der Waals surface area (Å²) < 4.78 is 0. The number of hydrogen-bond donors (Lipinski definition) is 0. The fourth-order valence-corrected chi connectivity index (χ4v) is 7.57. The zero-order valence-corrected chi connectivity index (χ0v) is 20.0. The summed E-state index contributed by atoms with van der Waals surface area (Å²) in [5, 5.41) is 4.42. The predicted molar refractivity (Wildman–Crippen MR) is 141 cm³/mol. The molecule has 1 heteroatoms. The van der Waals surface area contributed by atoms with Crippen LogP contribution in [0.2, 0.25) is 0 Å². The zero-order chi connectivity index (χ0) is 21.9. The second kappa shape index (κ2) is 9.43. The van der Waals surface area contributed by atoms with Gasteiger partial charge in [-0.1, -0.05) is 97.9 Å². The molecule has 4 aliphatic carbocycles. The van der Waals surface area contributed by atoms with Gasteiger partial charge in [0, 0.05) is 0 Å². The molecule has 32 heavy (non-hydrogen) atoms. The van der Waals surface area contributed by atoms with E-state index in [1.54, 1.807) is 5.30 Å². The van der Waals surface area contributed by atoms with Crippen LogP contribution in [0.4, 0.5) is 0 Å². The van der Waals surface area contributed by atoms with Crippen molar-refractivity contribution < 1.29 is 0 Å². The zero-order valence-electron chi connectivity index (χ0n) is 19.1. The molecule has 8 rings (SSSR count). The highest BCUT2D eigenvalue weighted by molar-refractivity contribution is 7.79. The van der Waals surface area contributed by atoms with Crippen molar-refractivity contribution in [2.45, 2.75) is 46.0 Å². The summed E-state index contributed by atoms with van der Waals surface area (Å²) >= 11 is 0. The van der Waals surface area contributed by atoms with Crippen molar-refractivity contribution in [3.63, 3.8) is 0 Å². The average Bonchev–Trinajstić information content (AvgIpc) is 2.83. The molecule has 0 atom stereocenters. The molecule has 4 aliphatic rings. The summed E-state index contributed by atoms with van der Waals surface area (Å²) in [5.74, 6) is 0. The summed E-state index contributed by atoms with van der Waals surface area (Å²) in [4.78, 5) is 0. The summed E-state index contributed by atoms with van der Waals surface area (Å²) in [6.45, 7) is 4.59. The maximum Gasteiger partial charge on any atom is -0.0116 e. The predicted octanol–water partition coefficient (Wildman–Crippen LogP) is 6.20. The molecular formula is C31H31P. The molecule has 160 valence electrons. The third-order valence-electron chi connectivity index (χ3n) is 6.81. The minimum atomic E-state index is -0.573. The van der Waals surface area contributed by atoms with Crippen LogP contribution in [0.5, 0.6) is 0 Å². The standard InChI is InChI=1S/C31H31P/c1-3-25-22-27-17-15-24-14-16-26(18-19-28(25)20-23(27)2)31(21-24)32(29-10-6-4-7-11-29)30-12-8-5-9-13-30/h4-14,16,20-22H,3,15,17-19H2,1-2H3. The van der Waals surface area contributed by atoms with Crippen LogP contribution in [0.25, 0.3) is 0 Å². The van der Waals surface area contributed by atoms with Crippen LogP contribution in [0, 0.1) is 6.92 Å². The fraction of sp³-hybridized carbons (Fsp3) is 0.226. The molecular weight excluding hydrogens is 403 g/mol. The van der Waals surface area contributed by atoms with Gasteiger partial charge in [0.15, 0.2) is 0 Å². The third kappa shape index (κ3) is 4.30. The Labute approximate surface area is 194 Å². The van der Waals surface area contributed by atoms with Gasteiger partial charge in [0.25, 0.3) is 0 Å². The second-order valence-corrected chi connectivity index (χ2v) is 11.1. The van der Waals surface area contributed by atoms with Crippen molar-refractivity contribution in [1.29, 1.82) is 0 Å². The number of rotatable bonds is 4. The van der Waals surface area contributed by atoms with E-state index < -0.39 is 7.92 Å². The van der Waals surface area contributed by atoms with E-state index in [1.165, 1.54) is 44.0 Å². The van der Waals surface area contributed by atoms with Crippen LogP contribution in [-0.4, -0.2) is 0 Å². The van der Waals surface area contributed by atoms with Gasteiger partial charge in [-0.3, -0.25) is 0 Å². The monoisotopic (exact) mass is 434 g/mol. The van der Waals surface area contributed by atoms with Gasteiger partial charge >= 0.3 is 0 Å². The van der Waals surface area contributed by atoms with Crippen LogP contribution >= 0.6 is 7.92 Å². The minimum absolute atomic E-state index is 0.573. The summed E-state index contributed by atoms with van der Waals surface area (Å²) in [6, 6.07) is 34.6. The van der Waals surface area contributed by atoms with Crippen LogP contribution in [0.1, 0.15) is 40.3 Å². The molecule has 0 radical (unpaired) electrons. The Morgan fingerprint density at radius 2 is 1.25 bits per heavy atom. The molecule has 0 saturated heterocycles. The largest absolute Gasteiger partial charge is 0.0622 e. The topological polar surface area (TPSA) is 0 Å². The van der Waals surface area contributed by atoms with E-state index in [4.69, 9.17) is 0 Å². The molecule has 0 amide bonds. The second-order valence-electron chi connectivity index (χ2n) is 8.87. The highest BCUT2D eigenvalue weighted by atomic mass is 31.1. The van der Waals surface area contributed by atoms with Crippen LogP contribution in [0.15, 0.2) is 91.0 Å². The lowest BCUT2D eigenvalue weighted by atomic mass is 9.90. The van der Waals surface area contributed by atoms with Gasteiger partial charge in [-0.25, -0.2) is 0 Å². The van der Waals surface area contributed by atoms with E-state index in [2.05, 4.69) is 105 Å². The maximum atomic E-state index is 2.53. The molecule has 0 heterocycles. The van der Waals surface area contributed by atoms with Crippen molar-refractivity contribution in [2.75, 3.05) is 0 Å². The van der Waals surface area contributed by atoms with Gasteiger partial charge in [-0.2, -0.15) is 0 Å². The highest BCUT2D eigenvalue weighted by Crippen LogP contribution is 2.35. The van der Waals surface area contributed by atoms with Gasteiger partial charge in [0.2, 0.25) is 0 Å². The molecule has 0 nitrogen and oxygen atoms in total. The SMILES string of the molecule is CCc1cc2c(C)cc1CCc1ccc(cc1P(c1ccccc1)c1ccccc1)CC2. The summed E-state index contributed by atoms with van der Waals surface area (Å²) in [6.07, 6.45) is 5.55. The molecule has 4 aromatic rings. The van der Waals surface area contributed by atoms with Gasteiger partial charge in [0.1, 0.15) is 0 Å². The molecule has 0 fully saturated rings. The van der Waals surface area contributed by atoms with Gasteiger partial charge in [-0.15, -0.1) is 0 Å². The van der Waals surface area contributed by atoms with E-state index in [1.807, 2.05) is 0 Å². The van der Waals surface area contributed by atoms with Gasteiger partial charge < -0.3 is 0 Å². The maximum absolute atomic E-state index is 2.53. The van der Waals surface area contributed by atoms with Gasteiger partial charge in [-0.05, 0) is 96.2 Å². The van der Waals surface area contributed by atoms with Crippen molar-refractivity contribution in [3.8, 4) is 0 Å². The Kier molecular flexibility index (Phi) is 6.24. The average molecular weight is 435 g/mol. The molecule has 0 N–H and O–H groups in total. The lowest BCUT2D eigenvalue weighted by Gasteiger charge is -2.24.